The maximum absolute atomic E-state index is 6.10. The lowest BCUT2D eigenvalue weighted by molar-refractivity contribution is 0.213. The summed E-state index contributed by atoms with van der Waals surface area (Å²) in [4.78, 5) is 0. The van der Waals surface area contributed by atoms with Crippen LogP contribution in [0, 0.1) is 5.92 Å². The van der Waals surface area contributed by atoms with Crippen LogP contribution >= 0.6 is 11.6 Å². The predicted molar refractivity (Wildman–Crippen MR) is 81.2 cm³/mol. The molecule has 1 aromatic carbocycles. The Bertz CT molecular complexity index is 402. The third-order valence-corrected chi connectivity index (χ3v) is 4.28. The number of hydrogen-bond donors (Lipinski definition) is 1. The Morgan fingerprint density at radius 1 is 1.37 bits per heavy atom. The number of nitrogens with one attached hydrogen (secondary N) is 1. The summed E-state index contributed by atoms with van der Waals surface area (Å²) in [5, 5.41) is 4.18. The van der Waals surface area contributed by atoms with E-state index < -0.39 is 0 Å². The van der Waals surface area contributed by atoms with Crippen molar-refractivity contribution in [1.29, 1.82) is 0 Å². The van der Waals surface area contributed by atoms with Crippen molar-refractivity contribution in [2.24, 2.45) is 5.92 Å². The normalized spacial score (nSPS) is 18.3. The summed E-state index contributed by atoms with van der Waals surface area (Å²) in [6.07, 6.45) is 3.53. The van der Waals surface area contributed by atoms with Gasteiger partial charge in [-0.05, 0) is 68.0 Å². The maximum atomic E-state index is 6.10. The zero-order valence-electron chi connectivity index (χ0n) is 11.9. The van der Waals surface area contributed by atoms with Crippen LogP contribution in [0.1, 0.15) is 44.6 Å². The molecule has 2 nitrogen and oxygen atoms in total. The molecular formula is C16H24ClNO. The zero-order valence-corrected chi connectivity index (χ0v) is 12.7. The Balaban J connectivity index is 2.02. The van der Waals surface area contributed by atoms with Gasteiger partial charge in [0.25, 0.3) is 0 Å². The van der Waals surface area contributed by atoms with E-state index in [1.165, 1.54) is 18.4 Å². The fraction of sp³-hybridized carbons (Fsp3) is 0.625. The average molecular weight is 282 g/mol. The van der Waals surface area contributed by atoms with Crippen molar-refractivity contribution < 1.29 is 4.74 Å². The summed E-state index contributed by atoms with van der Waals surface area (Å²) < 4.78 is 6.07. The van der Waals surface area contributed by atoms with Crippen LogP contribution in [0.15, 0.2) is 18.2 Å². The van der Waals surface area contributed by atoms with Gasteiger partial charge in [-0.25, -0.2) is 0 Å². The molecule has 0 aliphatic carbocycles. The van der Waals surface area contributed by atoms with Gasteiger partial charge in [0.1, 0.15) is 5.75 Å². The van der Waals surface area contributed by atoms with Gasteiger partial charge in [-0.15, -0.1) is 0 Å². The molecule has 0 amide bonds. The largest absolute Gasteiger partial charge is 0.493 e. The summed E-state index contributed by atoms with van der Waals surface area (Å²) in [6.45, 7) is 7.48. The second kappa shape index (κ2) is 7.16. The lowest BCUT2D eigenvalue weighted by Gasteiger charge is -2.24. The highest BCUT2D eigenvalue weighted by atomic mass is 35.5. The van der Waals surface area contributed by atoms with Gasteiger partial charge >= 0.3 is 0 Å². The number of benzene rings is 1. The Labute approximate surface area is 121 Å². The van der Waals surface area contributed by atoms with E-state index in [1.54, 1.807) is 0 Å². The first-order valence-corrected chi connectivity index (χ1v) is 7.71. The quantitative estimate of drug-likeness (QED) is 0.872. The van der Waals surface area contributed by atoms with Crippen LogP contribution in [0.2, 0.25) is 5.02 Å². The van der Waals surface area contributed by atoms with Gasteiger partial charge < -0.3 is 10.1 Å². The molecule has 19 heavy (non-hydrogen) atoms. The fourth-order valence-corrected chi connectivity index (χ4v) is 2.69. The Hall–Kier alpha value is -0.730. The zero-order chi connectivity index (χ0) is 13.7. The van der Waals surface area contributed by atoms with E-state index in [4.69, 9.17) is 16.3 Å². The van der Waals surface area contributed by atoms with E-state index in [0.29, 0.717) is 11.8 Å². The summed E-state index contributed by atoms with van der Waals surface area (Å²) in [6, 6.07) is 5.99. The smallest absolute Gasteiger partial charge is 0.122 e. The Morgan fingerprint density at radius 3 is 2.79 bits per heavy atom. The molecule has 3 heteroatoms. The molecule has 0 saturated carbocycles. The van der Waals surface area contributed by atoms with Crippen molar-refractivity contribution in [2.45, 2.75) is 39.0 Å². The number of piperidine rings is 1. The third-order valence-electron chi connectivity index (χ3n) is 4.05. The second-order valence-electron chi connectivity index (χ2n) is 5.50. The van der Waals surface area contributed by atoms with Crippen LogP contribution in [0.5, 0.6) is 5.75 Å². The lowest BCUT2D eigenvalue weighted by atomic mass is 9.97. The molecule has 1 aromatic rings. The maximum Gasteiger partial charge on any atom is 0.122 e. The molecule has 0 spiro atoms. The van der Waals surface area contributed by atoms with Gasteiger partial charge in [-0.2, -0.15) is 0 Å². The van der Waals surface area contributed by atoms with E-state index >= 15 is 0 Å². The highest BCUT2D eigenvalue weighted by Gasteiger charge is 2.16. The van der Waals surface area contributed by atoms with Gasteiger partial charge in [0.2, 0.25) is 0 Å². The van der Waals surface area contributed by atoms with Crippen LogP contribution in [0.3, 0.4) is 0 Å². The number of ether oxygens (including phenoxy) is 1. The molecular weight excluding hydrogens is 258 g/mol. The summed E-state index contributed by atoms with van der Waals surface area (Å²) in [5.74, 6) is 2.18. The van der Waals surface area contributed by atoms with Crippen LogP contribution in [-0.2, 0) is 0 Å². The molecule has 1 heterocycles. The van der Waals surface area contributed by atoms with E-state index in [9.17, 15) is 0 Å². The van der Waals surface area contributed by atoms with E-state index in [-0.39, 0.29) is 0 Å². The molecule has 0 radical (unpaired) electrons. The second-order valence-corrected chi connectivity index (χ2v) is 5.93. The molecule has 1 aliphatic rings. The summed E-state index contributed by atoms with van der Waals surface area (Å²) in [5.41, 5.74) is 1.24. The van der Waals surface area contributed by atoms with E-state index in [2.05, 4.69) is 19.2 Å². The fourth-order valence-electron chi connectivity index (χ4n) is 2.51. The minimum Gasteiger partial charge on any atom is -0.493 e. The van der Waals surface area contributed by atoms with Crippen LogP contribution in [-0.4, -0.2) is 19.7 Å². The summed E-state index contributed by atoms with van der Waals surface area (Å²) >= 11 is 6.10. The van der Waals surface area contributed by atoms with Gasteiger partial charge in [-0.1, -0.05) is 25.4 Å². The minimum absolute atomic E-state index is 0.488. The monoisotopic (exact) mass is 281 g/mol. The van der Waals surface area contributed by atoms with E-state index in [1.807, 2.05) is 18.2 Å². The SMILES string of the molecule is CC[C@@H](C)c1cc(Cl)ccc1OCC1CCNCC1. The molecule has 1 aliphatic heterocycles. The number of hydrogen-bond acceptors (Lipinski definition) is 2. The van der Waals surface area contributed by atoms with Gasteiger partial charge in [0.15, 0.2) is 0 Å². The molecule has 1 atom stereocenters. The lowest BCUT2D eigenvalue weighted by Crippen LogP contribution is -2.30. The Kier molecular flexibility index (Phi) is 5.53. The first kappa shape index (κ1) is 14.7. The molecule has 1 N–H and O–H groups in total. The molecule has 1 saturated heterocycles. The highest BCUT2D eigenvalue weighted by Crippen LogP contribution is 2.32. The average Bonchev–Trinajstić information content (AvgIpc) is 2.46. The molecule has 0 bridgehead atoms. The third kappa shape index (κ3) is 4.12. The molecule has 1 fully saturated rings. The first-order chi connectivity index (χ1) is 9.20. The van der Waals surface area contributed by atoms with Crippen molar-refractivity contribution in [3.63, 3.8) is 0 Å². The molecule has 0 unspecified atom stereocenters. The van der Waals surface area contributed by atoms with E-state index in [0.717, 1.165) is 36.9 Å². The molecule has 0 aromatic heterocycles. The molecule has 106 valence electrons. The van der Waals surface area contributed by atoms with Crippen LogP contribution in [0.25, 0.3) is 0 Å². The predicted octanol–water partition coefficient (Wildman–Crippen LogP) is 4.23. The van der Waals surface area contributed by atoms with Crippen molar-refractivity contribution >= 4 is 11.6 Å². The minimum atomic E-state index is 0.488. The number of halogens is 1. The van der Waals surface area contributed by atoms with Crippen LogP contribution in [0.4, 0.5) is 0 Å². The van der Waals surface area contributed by atoms with Crippen molar-refractivity contribution in [1.82, 2.24) is 5.32 Å². The van der Waals surface area contributed by atoms with Gasteiger partial charge in [0.05, 0.1) is 6.61 Å². The standard InChI is InChI=1S/C16H24ClNO/c1-3-12(2)15-10-14(17)4-5-16(15)19-11-13-6-8-18-9-7-13/h4-5,10,12-13,18H,3,6-9,11H2,1-2H3/t12-/m1/s1. The highest BCUT2D eigenvalue weighted by molar-refractivity contribution is 6.30. The van der Waals surface area contributed by atoms with Gasteiger partial charge in [0, 0.05) is 5.02 Å². The van der Waals surface area contributed by atoms with Crippen LogP contribution < -0.4 is 10.1 Å². The van der Waals surface area contributed by atoms with Crippen molar-refractivity contribution in [3.8, 4) is 5.75 Å². The van der Waals surface area contributed by atoms with Gasteiger partial charge in [-0.3, -0.25) is 0 Å². The Morgan fingerprint density at radius 2 is 2.11 bits per heavy atom. The van der Waals surface area contributed by atoms with Crippen molar-refractivity contribution in [2.75, 3.05) is 19.7 Å². The molecule has 2 rings (SSSR count). The topological polar surface area (TPSA) is 21.3 Å². The van der Waals surface area contributed by atoms with Crippen molar-refractivity contribution in [3.05, 3.63) is 28.8 Å². The summed E-state index contributed by atoms with van der Waals surface area (Å²) in [7, 11) is 0. The first-order valence-electron chi connectivity index (χ1n) is 7.33. The number of rotatable bonds is 5.